The van der Waals surface area contributed by atoms with E-state index >= 15 is 0 Å². The number of carbonyl (C=O) groups is 1. The highest BCUT2D eigenvalue weighted by Gasteiger charge is 2.77. The molecule has 0 bridgehead atoms. The zero-order chi connectivity index (χ0) is 30.8. The van der Waals surface area contributed by atoms with Gasteiger partial charge in [-0.3, -0.25) is 0 Å². The van der Waals surface area contributed by atoms with Gasteiger partial charge in [0.05, 0.1) is 0 Å². The number of rotatable bonds is 12. The quantitative estimate of drug-likeness (QED) is 0.214. The molecule has 1 aliphatic heterocycles. The third-order valence-electron chi connectivity index (χ3n) is 6.94. The fourth-order valence-corrected chi connectivity index (χ4v) is 7.01. The van der Waals surface area contributed by atoms with Crippen LogP contribution in [0.1, 0.15) is 43.4 Å². The number of alkyl halides is 3. The number of anilines is 2. The van der Waals surface area contributed by atoms with E-state index < -0.39 is 38.5 Å². The summed E-state index contributed by atoms with van der Waals surface area (Å²) in [5.74, 6) is -2.39. The number of halogens is 3. The van der Waals surface area contributed by atoms with Gasteiger partial charge in [-0.05, 0) is 48.2 Å². The van der Waals surface area contributed by atoms with Gasteiger partial charge in [0.1, 0.15) is 5.75 Å². The van der Waals surface area contributed by atoms with Gasteiger partial charge in [-0.2, -0.15) is 13.2 Å². The van der Waals surface area contributed by atoms with Crippen LogP contribution in [0, 0.1) is 0 Å². The van der Waals surface area contributed by atoms with Crippen molar-refractivity contribution < 1.29 is 41.3 Å². The van der Waals surface area contributed by atoms with Gasteiger partial charge in [0.15, 0.2) is 0 Å². The number of carboxylic acids is 1. The number of para-hydroxylation sites is 1. The number of aliphatic hydroxyl groups is 1. The molecule has 3 aromatic carbocycles. The standard InChI is InChI=1S/C29H32F3N3O6S/c1-3-11-22-23(33-18-4-2)16-17-24-25(22)28(41-21-14-9-6-10-15-21,42(39,40)34-29(30,31)32)27(38,26(36)37)35(24)19-20-12-7-5-8-13-20/h5-10,12-17,33-34,38H,3-4,11,18-19H2,1-2H3,(H,36,37). The van der Waals surface area contributed by atoms with Crippen molar-refractivity contribution in [2.24, 2.45) is 0 Å². The van der Waals surface area contributed by atoms with Crippen LogP contribution in [-0.2, 0) is 32.7 Å². The van der Waals surface area contributed by atoms with Crippen molar-refractivity contribution >= 4 is 27.4 Å². The summed E-state index contributed by atoms with van der Waals surface area (Å²) in [6.07, 6.45) is -4.32. The van der Waals surface area contributed by atoms with Crippen molar-refractivity contribution in [1.82, 2.24) is 4.72 Å². The first-order valence-electron chi connectivity index (χ1n) is 13.3. The number of nitrogens with zero attached hydrogens (tertiary/aromatic N) is 1. The smallest absolute Gasteiger partial charge is 0.470 e. The maximum absolute atomic E-state index is 14.1. The predicted octanol–water partition coefficient (Wildman–Crippen LogP) is 4.93. The van der Waals surface area contributed by atoms with Gasteiger partial charge in [0, 0.05) is 30.0 Å². The molecule has 226 valence electrons. The van der Waals surface area contributed by atoms with Crippen molar-refractivity contribution in [2.45, 2.75) is 56.6 Å². The Labute approximate surface area is 242 Å². The number of sulfonamides is 1. The Morgan fingerprint density at radius 1 is 0.976 bits per heavy atom. The molecule has 9 nitrogen and oxygen atoms in total. The van der Waals surface area contributed by atoms with E-state index in [1.165, 1.54) is 30.3 Å². The number of aliphatic carboxylic acids is 1. The van der Waals surface area contributed by atoms with E-state index in [1.807, 2.05) is 6.92 Å². The molecule has 0 amide bonds. The molecule has 0 spiro atoms. The van der Waals surface area contributed by atoms with Crippen LogP contribution in [0.5, 0.6) is 5.75 Å². The zero-order valence-electron chi connectivity index (χ0n) is 23.0. The molecule has 1 aliphatic rings. The summed E-state index contributed by atoms with van der Waals surface area (Å²) in [7, 11) is -5.94. The summed E-state index contributed by atoms with van der Waals surface area (Å²) >= 11 is 0. The second-order valence-corrected chi connectivity index (χ2v) is 11.6. The van der Waals surface area contributed by atoms with E-state index in [1.54, 1.807) is 49.4 Å². The van der Waals surface area contributed by atoms with Crippen LogP contribution in [0.15, 0.2) is 72.8 Å². The van der Waals surface area contributed by atoms with Crippen molar-refractivity contribution in [3.8, 4) is 5.75 Å². The molecule has 3 aromatic rings. The number of nitrogens with one attached hydrogen (secondary N) is 2. The summed E-state index contributed by atoms with van der Waals surface area (Å²) in [5.41, 5.74) is -3.02. The number of hydrogen-bond acceptors (Lipinski definition) is 7. The van der Waals surface area contributed by atoms with E-state index in [0.717, 1.165) is 4.90 Å². The molecule has 0 fully saturated rings. The fraction of sp³-hybridized carbons (Fsp3) is 0.345. The van der Waals surface area contributed by atoms with Gasteiger partial charge in [-0.1, -0.05) is 68.8 Å². The first-order valence-corrected chi connectivity index (χ1v) is 14.8. The van der Waals surface area contributed by atoms with E-state index in [4.69, 9.17) is 4.74 Å². The van der Waals surface area contributed by atoms with Crippen LogP contribution in [0.3, 0.4) is 0 Å². The number of hydrogen-bond donors (Lipinski definition) is 4. The Bertz CT molecular complexity index is 1520. The lowest BCUT2D eigenvalue weighted by molar-refractivity contribution is -0.175. The Morgan fingerprint density at radius 3 is 2.14 bits per heavy atom. The highest BCUT2D eigenvalue weighted by molar-refractivity contribution is 7.90. The maximum Gasteiger partial charge on any atom is 0.470 e. The Hall–Kier alpha value is -3.81. The molecule has 4 rings (SSSR count). The third-order valence-corrected chi connectivity index (χ3v) is 8.77. The van der Waals surface area contributed by atoms with E-state index in [-0.39, 0.29) is 30.0 Å². The van der Waals surface area contributed by atoms with Crippen LogP contribution in [-0.4, -0.2) is 43.2 Å². The molecule has 0 radical (unpaired) electrons. The molecule has 13 heteroatoms. The van der Waals surface area contributed by atoms with Gasteiger partial charge in [-0.25, -0.2) is 13.2 Å². The van der Waals surface area contributed by atoms with Crippen LogP contribution in [0.2, 0.25) is 0 Å². The molecule has 0 aliphatic carbocycles. The molecule has 0 saturated heterocycles. The topological polar surface area (TPSA) is 128 Å². The average molecular weight is 608 g/mol. The average Bonchev–Trinajstić information content (AvgIpc) is 3.14. The third kappa shape index (κ3) is 5.39. The van der Waals surface area contributed by atoms with Crippen LogP contribution >= 0.6 is 0 Å². The molecule has 2 atom stereocenters. The minimum absolute atomic E-state index is 0.0993. The molecule has 2 unspecified atom stereocenters. The van der Waals surface area contributed by atoms with Gasteiger partial charge >= 0.3 is 22.9 Å². The first kappa shape index (κ1) is 31.1. The van der Waals surface area contributed by atoms with Crippen molar-refractivity contribution in [3.63, 3.8) is 0 Å². The summed E-state index contributed by atoms with van der Waals surface area (Å²) in [6.45, 7) is 3.74. The molecular weight excluding hydrogens is 575 g/mol. The number of carboxylic acid groups (broad SMARTS) is 1. The number of benzene rings is 3. The largest absolute Gasteiger partial charge is 0.478 e. The molecule has 1 heterocycles. The van der Waals surface area contributed by atoms with Crippen molar-refractivity contribution in [3.05, 3.63) is 89.5 Å². The maximum atomic E-state index is 14.1. The molecule has 4 N–H and O–H groups in total. The second kappa shape index (κ2) is 11.8. The summed E-state index contributed by atoms with van der Waals surface area (Å²) in [5, 5.41) is 26.1. The van der Waals surface area contributed by atoms with Gasteiger partial charge in [-0.15, -0.1) is 4.72 Å². The van der Waals surface area contributed by atoms with Gasteiger partial charge < -0.3 is 25.2 Å². The minimum Gasteiger partial charge on any atom is -0.478 e. The lowest BCUT2D eigenvalue weighted by Gasteiger charge is -2.42. The summed E-state index contributed by atoms with van der Waals surface area (Å²) < 4.78 is 76.4. The highest BCUT2D eigenvalue weighted by Crippen LogP contribution is 2.58. The zero-order valence-corrected chi connectivity index (χ0v) is 23.8. The number of ether oxygens (including phenoxy) is 1. The lowest BCUT2D eigenvalue weighted by atomic mass is 9.93. The van der Waals surface area contributed by atoms with Gasteiger partial charge in [0.25, 0.3) is 10.0 Å². The van der Waals surface area contributed by atoms with Crippen LogP contribution in [0.4, 0.5) is 24.5 Å². The molecule has 0 aromatic heterocycles. The normalized spacial score (nSPS) is 20.3. The minimum atomic E-state index is -5.94. The van der Waals surface area contributed by atoms with Crippen molar-refractivity contribution in [1.29, 1.82) is 0 Å². The van der Waals surface area contributed by atoms with Gasteiger partial charge in [0.2, 0.25) is 0 Å². The molecule has 42 heavy (non-hydrogen) atoms. The second-order valence-electron chi connectivity index (χ2n) is 9.85. The first-order chi connectivity index (χ1) is 19.8. The van der Waals surface area contributed by atoms with E-state index in [0.29, 0.717) is 35.4 Å². The molecule has 0 saturated carbocycles. The summed E-state index contributed by atoms with van der Waals surface area (Å²) in [4.78, 5) is 10.5. The Morgan fingerprint density at radius 2 is 1.60 bits per heavy atom. The lowest BCUT2D eigenvalue weighted by Crippen LogP contribution is -2.70. The summed E-state index contributed by atoms with van der Waals surface area (Å²) in [6, 6.07) is 18.2. The van der Waals surface area contributed by atoms with Crippen LogP contribution in [0.25, 0.3) is 0 Å². The van der Waals surface area contributed by atoms with Crippen molar-refractivity contribution in [2.75, 3.05) is 16.8 Å². The van der Waals surface area contributed by atoms with E-state index in [9.17, 15) is 36.6 Å². The monoisotopic (exact) mass is 607 g/mol. The predicted molar refractivity (Wildman–Crippen MR) is 151 cm³/mol. The Balaban J connectivity index is 2.19. The van der Waals surface area contributed by atoms with E-state index in [2.05, 4.69) is 5.32 Å². The Kier molecular flexibility index (Phi) is 8.76. The molecular formula is C29H32F3N3O6S. The highest BCUT2D eigenvalue weighted by atomic mass is 32.2. The fourth-order valence-electron chi connectivity index (χ4n) is 5.29. The van der Waals surface area contributed by atoms with Crippen LogP contribution < -0.4 is 19.7 Å². The SMILES string of the molecule is CCCNc1ccc2c(c1CCC)C(Oc1ccccc1)(S(=O)(=O)NC(F)(F)F)C(O)(C(=O)O)N2Cc1ccccc1. The number of fused-ring (bicyclic) bond motifs is 1.